The number of hydrogen-bond acceptors (Lipinski definition) is 7. The van der Waals surface area contributed by atoms with Gasteiger partial charge in [0.2, 0.25) is 5.16 Å². The van der Waals surface area contributed by atoms with Gasteiger partial charge in [-0.3, -0.25) is 4.79 Å². The van der Waals surface area contributed by atoms with E-state index in [0.717, 1.165) is 0 Å². The van der Waals surface area contributed by atoms with Crippen molar-refractivity contribution in [3.05, 3.63) is 81.5 Å². The highest BCUT2D eigenvalue weighted by Crippen LogP contribution is 2.14. The van der Waals surface area contributed by atoms with Crippen molar-refractivity contribution in [1.82, 2.24) is 14.9 Å². The molecule has 0 aliphatic carbocycles. The van der Waals surface area contributed by atoms with Crippen molar-refractivity contribution in [1.29, 1.82) is 0 Å². The first kappa shape index (κ1) is 19.4. The van der Waals surface area contributed by atoms with Crippen molar-refractivity contribution in [2.24, 2.45) is 5.10 Å². The minimum absolute atomic E-state index is 0.247. The molecule has 0 unspecified atom stereocenters. The van der Waals surface area contributed by atoms with Crippen molar-refractivity contribution in [2.75, 3.05) is 6.26 Å². The van der Waals surface area contributed by atoms with E-state index in [1.807, 2.05) is 0 Å². The van der Waals surface area contributed by atoms with Crippen molar-refractivity contribution < 1.29 is 13.9 Å². The molecule has 28 heavy (non-hydrogen) atoms. The molecule has 0 atom stereocenters. The monoisotopic (exact) mass is 398 g/mol. The number of halogens is 1. The first-order chi connectivity index (χ1) is 13.5. The molecule has 0 amide bonds. The lowest BCUT2D eigenvalue weighted by Crippen LogP contribution is -2.23. The minimum atomic E-state index is -0.587. The van der Waals surface area contributed by atoms with Gasteiger partial charge in [0.15, 0.2) is 0 Å². The van der Waals surface area contributed by atoms with Gasteiger partial charge in [0.25, 0.3) is 5.56 Å². The number of thioether (sulfide) groups is 1. The summed E-state index contributed by atoms with van der Waals surface area (Å²) < 4.78 is 19.3. The fraction of sp³-hybridized carbons (Fsp3) is 0.105. The van der Waals surface area contributed by atoms with Crippen molar-refractivity contribution >= 4 is 23.9 Å². The van der Waals surface area contributed by atoms with E-state index in [1.54, 1.807) is 37.4 Å². The van der Waals surface area contributed by atoms with Crippen LogP contribution in [0.3, 0.4) is 0 Å². The molecule has 0 spiro atoms. The second kappa shape index (κ2) is 8.57. The van der Waals surface area contributed by atoms with Gasteiger partial charge in [-0.05, 0) is 67.3 Å². The zero-order valence-corrected chi connectivity index (χ0v) is 15.8. The van der Waals surface area contributed by atoms with Gasteiger partial charge in [-0.2, -0.15) is 9.78 Å². The third kappa shape index (κ3) is 4.49. The SMILES string of the molecule is CSc1nnc(C)c(=O)n1/N=C\c1ccc(OC(=O)c2ccc(F)cc2)cc1. The van der Waals surface area contributed by atoms with E-state index in [0.29, 0.717) is 16.5 Å². The largest absolute Gasteiger partial charge is 0.423 e. The van der Waals surface area contributed by atoms with Crippen LogP contribution >= 0.6 is 11.8 Å². The van der Waals surface area contributed by atoms with Gasteiger partial charge < -0.3 is 4.74 Å². The Morgan fingerprint density at radius 3 is 2.46 bits per heavy atom. The Morgan fingerprint density at radius 2 is 1.82 bits per heavy atom. The predicted molar refractivity (Wildman–Crippen MR) is 104 cm³/mol. The molecule has 0 radical (unpaired) electrons. The molecule has 0 saturated heterocycles. The topological polar surface area (TPSA) is 86.4 Å². The Balaban J connectivity index is 1.74. The molecule has 142 valence electrons. The molecule has 9 heteroatoms. The number of carbonyl (C=O) groups excluding carboxylic acids is 1. The number of nitrogens with zero attached hydrogens (tertiary/aromatic N) is 4. The average Bonchev–Trinajstić information content (AvgIpc) is 2.70. The van der Waals surface area contributed by atoms with Crippen LogP contribution in [0.1, 0.15) is 21.6 Å². The highest BCUT2D eigenvalue weighted by molar-refractivity contribution is 7.98. The van der Waals surface area contributed by atoms with E-state index < -0.39 is 11.8 Å². The maximum atomic E-state index is 12.9. The van der Waals surface area contributed by atoms with Gasteiger partial charge in [-0.25, -0.2) is 9.18 Å². The van der Waals surface area contributed by atoms with Crippen LogP contribution < -0.4 is 10.3 Å². The Bertz CT molecular complexity index is 1080. The Labute approximate surface area is 163 Å². The third-order valence-corrected chi connectivity index (χ3v) is 4.26. The van der Waals surface area contributed by atoms with E-state index in [1.165, 1.54) is 46.9 Å². The first-order valence-corrected chi connectivity index (χ1v) is 9.33. The van der Waals surface area contributed by atoms with Crippen LogP contribution in [0.2, 0.25) is 0 Å². The smallest absolute Gasteiger partial charge is 0.343 e. The molecule has 0 N–H and O–H groups in total. The van der Waals surface area contributed by atoms with E-state index >= 15 is 0 Å². The van der Waals surface area contributed by atoms with Gasteiger partial charge in [0.1, 0.15) is 17.3 Å². The normalized spacial score (nSPS) is 11.0. The van der Waals surface area contributed by atoms with Gasteiger partial charge in [0.05, 0.1) is 11.8 Å². The number of benzene rings is 2. The lowest BCUT2D eigenvalue weighted by Gasteiger charge is -2.05. The molecule has 3 rings (SSSR count). The van der Waals surface area contributed by atoms with Crippen LogP contribution in [0.25, 0.3) is 0 Å². The summed E-state index contributed by atoms with van der Waals surface area (Å²) in [4.78, 5) is 24.2. The maximum absolute atomic E-state index is 12.9. The number of aryl methyl sites for hydroxylation is 1. The fourth-order valence-electron chi connectivity index (χ4n) is 2.17. The number of rotatable bonds is 5. The molecule has 7 nitrogen and oxygen atoms in total. The van der Waals surface area contributed by atoms with Crippen LogP contribution in [0.5, 0.6) is 5.75 Å². The van der Waals surface area contributed by atoms with E-state index in [-0.39, 0.29) is 16.8 Å². The van der Waals surface area contributed by atoms with E-state index in [9.17, 15) is 14.0 Å². The zero-order chi connectivity index (χ0) is 20.1. The quantitative estimate of drug-likeness (QED) is 0.284. The van der Waals surface area contributed by atoms with Gasteiger partial charge in [0, 0.05) is 0 Å². The first-order valence-electron chi connectivity index (χ1n) is 8.10. The zero-order valence-electron chi connectivity index (χ0n) is 15.0. The van der Waals surface area contributed by atoms with Crippen molar-refractivity contribution in [3.8, 4) is 5.75 Å². The van der Waals surface area contributed by atoms with E-state index in [2.05, 4.69) is 15.3 Å². The predicted octanol–water partition coefficient (Wildman–Crippen LogP) is 2.91. The summed E-state index contributed by atoms with van der Waals surface area (Å²) in [5, 5.41) is 12.3. The molecule has 1 heterocycles. The summed E-state index contributed by atoms with van der Waals surface area (Å²) in [6.45, 7) is 1.57. The number of aromatic nitrogens is 3. The second-order valence-corrected chi connectivity index (χ2v) is 6.37. The fourth-order valence-corrected chi connectivity index (χ4v) is 2.60. The van der Waals surface area contributed by atoms with Crippen LogP contribution in [-0.4, -0.2) is 33.3 Å². The molecule has 0 fully saturated rings. The molecular weight excluding hydrogens is 383 g/mol. The Kier molecular flexibility index (Phi) is 5.95. The summed E-state index contributed by atoms with van der Waals surface area (Å²) in [5.74, 6) is -0.686. The molecule has 3 aromatic rings. The summed E-state index contributed by atoms with van der Waals surface area (Å²) in [7, 11) is 0. The molecular formula is C19H15FN4O3S. The van der Waals surface area contributed by atoms with Crippen LogP contribution in [0.4, 0.5) is 4.39 Å². The molecule has 0 aliphatic heterocycles. The molecule has 0 saturated carbocycles. The van der Waals surface area contributed by atoms with Gasteiger partial charge in [-0.1, -0.05) is 11.8 Å². The van der Waals surface area contributed by atoms with Crippen LogP contribution in [0.15, 0.2) is 63.6 Å². The Hall–Kier alpha value is -3.33. The number of carbonyl (C=O) groups is 1. The lowest BCUT2D eigenvalue weighted by atomic mass is 10.2. The number of ether oxygens (including phenoxy) is 1. The third-order valence-electron chi connectivity index (χ3n) is 3.64. The molecule has 1 aromatic heterocycles. The van der Waals surface area contributed by atoms with Gasteiger partial charge in [-0.15, -0.1) is 10.2 Å². The lowest BCUT2D eigenvalue weighted by molar-refractivity contribution is 0.0734. The molecule has 0 bridgehead atoms. The van der Waals surface area contributed by atoms with Crippen molar-refractivity contribution in [3.63, 3.8) is 0 Å². The Morgan fingerprint density at radius 1 is 1.14 bits per heavy atom. The maximum Gasteiger partial charge on any atom is 0.343 e. The van der Waals surface area contributed by atoms with Crippen LogP contribution in [0, 0.1) is 12.7 Å². The summed E-state index contributed by atoms with van der Waals surface area (Å²) in [5.41, 5.74) is 0.838. The number of hydrogen-bond donors (Lipinski definition) is 0. The van der Waals surface area contributed by atoms with E-state index in [4.69, 9.17) is 4.74 Å². The minimum Gasteiger partial charge on any atom is -0.423 e. The number of esters is 1. The standard InChI is InChI=1S/C19H15FN4O3S/c1-12-17(25)24(19(28-2)23-22-12)21-11-13-3-9-16(10-4-13)27-18(26)14-5-7-15(20)8-6-14/h3-11H,1-2H3/b21-11-. The van der Waals surface area contributed by atoms with Crippen LogP contribution in [-0.2, 0) is 0 Å². The van der Waals surface area contributed by atoms with Crippen molar-refractivity contribution in [2.45, 2.75) is 12.1 Å². The summed E-state index contributed by atoms with van der Waals surface area (Å²) >= 11 is 1.26. The molecule has 0 aliphatic rings. The highest BCUT2D eigenvalue weighted by Gasteiger charge is 2.09. The van der Waals surface area contributed by atoms with Gasteiger partial charge >= 0.3 is 5.97 Å². The highest BCUT2D eigenvalue weighted by atomic mass is 32.2. The summed E-state index contributed by atoms with van der Waals surface area (Å²) in [6.07, 6.45) is 3.27. The molecule has 2 aromatic carbocycles. The summed E-state index contributed by atoms with van der Waals surface area (Å²) in [6, 6.07) is 11.6. The average molecular weight is 398 g/mol. The second-order valence-electron chi connectivity index (χ2n) is 5.60.